The van der Waals surface area contributed by atoms with Gasteiger partial charge in [-0.05, 0) is 113 Å². The Hall–Kier alpha value is -6.28. The molecule has 7 amide bonds. The van der Waals surface area contributed by atoms with Crippen molar-refractivity contribution in [1.29, 1.82) is 0 Å². The highest BCUT2D eigenvalue weighted by molar-refractivity contribution is 5.97. The predicted molar refractivity (Wildman–Crippen MR) is 237 cm³/mol. The number of rotatable bonds is 28. The molecule has 2 rings (SSSR count). The molecule has 14 N–H and O–H groups in total. The first-order valence-corrected chi connectivity index (χ1v) is 21.5. The zero-order valence-electron chi connectivity index (χ0n) is 37.3. The topological polar surface area (TPSA) is 333 Å². The van der Waals surface area contributed by atoms with Gasteiger partial charge in [0.1, 0.15) is 53.8 Å². The maximum absolute atomic E-state index is 14.0. The Kier molecular flexibility index (Phi) is 23.3. The van der Waals surface area contributed by atoms with Crippen LogP contribution in [0.2, 0.25) is 0 Å². The Morgan fingerprint density at radius 1 is 0.484 bits per heavy atom. The van der Waals surface area contributed by atoms with Crippen molar-refractivity contribution < 1.29 is 53.7 Å². The first-order chi connectivity index (χ1) is 30.2. The number of aliphatic carboxylic acids is 1. The average molecular weight is 898 g/mol. The number of amides is 7. The van der Waals surface area contributed by atoms with Gasteiger partial charge in [-0.25, -0.2) is 4.79 Å². The van der Waals surface area contributed by atoms with Crippen molar-refractivity contribution in [2.75, 3.05) is 13.1 Å². The number of carbonyl (C=O) groups is 8. The molecule has 64 heavy (non-hydrogen) atoms. The fraction of sp³-hybridized carbons (Fsp3) is 0.545. The number of phenolic OH excluding ortho intramolecular Hbond substituents is 2. The number of unbranched alkanes of at least 4 members (excludes halogenated alkanes) is 2. The summed E-state index contributed by atoms with van der Waals surface area (Å²) in [6.45, 7) is 8.22. The minimum Gasteiger partial charge on any atom is -0.508 e. The van der Waals surface area contributed by atoms with Crippen LogP contribution in [0, 0.1) is 5.92 Å². The molecule has 0 unspecified atom stereocenters. The lowest BCUT2D eigenvalue weighted by atomic mass is 10.0. The summed E-state index contributed by atoms with van der Waals surface area (Å²) in [5.41, 5.74) is 12.5. The van der Waals surface area contributed by atoms with Crippen LogP contribution in [0.15, 0.2) is 48.5 Å². The number of aromatic hydroxyl groups is 2. The van der Waals surface area contributed by atoms with Crippen LogP contribution in [-0.4, -0.2) is 118 Å². The molecule has 0 aliphatic carbocycles. The molecule has 0 saturated carbocycles. The molecule has 0 saturated heterocycles. The minimum atomic E-state index is -1.34. The van der Waals surface area contributed by atoms with Gasteiger partial charge in [0.15, 0.2) is 0 Å². The second kappa shape index (κ2) is 27.7. The number of carboxylic acid groups (broad SMARTS) is 1. The largest absolute Gasteiger partial charge is 0.508 e. The Bertz CT molecular complexity index is 1860. The maximum Gasteiger partial charge on any atom is 0.326 e. The second-order valence-electron chi connectivity index (χ2n) is 16.2. The van der Waals surface area contributed by atoms with Crippen LogP contribution in [-0.2, 0) is 51.2 Å². The van der Waals surface area contributed by atoms with Crippen LogP contribution in [0.4, 0.5) is 0 Å². The number of carboxylic acids is 1. The molecule has 0 radical (unpaired) electrons. The van der Waals surface area contributed by atoms with E-state index in [1.54, 1.807) is 26.0 Å². The Balaban J connectivity index is 2.29. The van der Waals surface area contributed by atoms with Crippen molar-refractivity contribution in [2.24, 2.45) is 17.4 Å². The summed E-state index contributed by atoms with van der Waals surface area (Å²) in [6, 6.07) is 3.42. The molecule has 20 heteroatoms. The smallest absolute Gasteiger partial charge is 0.326 e. The van der Waals surface area contributed by atoms with E-state index in [-0.39, 0.29) is 49.5 Å². The van der Waals surface area contributed by atoms with E-state index in [0.717, 1.165) is 0 Å². The highest BCUT2D eigenvalue weighted by atomic mass is 16.4. The minimum absolute atomic E-state index is 0.0158. The van der Waals surface area contributed by atoms with Crippen molar-refractivity contribution in [3.63, 3.8) is 0 Å². The molecule has 0 bridgehead atoms. The number of hydrogen-bond donors (Lipinski definition) is 12. The van der Waals surface area contributed by atoms with E-state index in [2.05, 4.69) is 37.2 Å². The number of phenols is 2. The lowest BCUT2D eigenvalue weighted by Crippen LogP contribution is -2.59. The third-order valence-corrected chi connectivity index (χ3v) is 10.1. The Morgan fingerprint density at radius 2 is 0.828 bits per heavy atom. The molecule has 0 spiro atoms. The van der Waals surface area contributed by atoms with Crippen molar-refractivity contribution in [3.8, 4) is 11.5 Å². The zero-order chi connectivity index (χ0) is 47.9. The molecular weight excluding hydrogens is 831 g/mol. The van der Waals surface area contributed by atoms with E-state index in [4.69, 9.17) is 11.5 Å². The monoisotopic (exact) mass is 897 g/mol. The van der Waals surface area contributed by atoms with E-state index in [1.165, 1.54) is 57.2 Å². The first-order valence-electron chi connectivity index (χ1n) is 21.5. The standard InChI is InChI=1S/C44H67N9O11/c1-25(2)22-37(44(63)64)53-41(60)34(11-7-9-21-46)51-39(58)27(4)48-43(62)36(24-30-14-18-32(56)19-15-30)52-40(59)33(10-6-8-20-45)50-38(57)26(3)47-42(61)35(49-28(5)54)23-29-12-16-31(55)17-13-29/h12-19,25-27,33-37,55-56H,6-11,20-24,45-46H2,1-5H3,(H,47,61)(H,48,62)(H,49,54)(H,50,57)(H,51,58)(H,52,59)(H,53,60)(H,63,64)/t26-,27-,33-,34-,35-,36-,37-/m0/s1. The van der Waals surface area contributed by atoms with Gasteiger partial charge in [-0.2, -0.15) is 0 Å². The number of nitrogens with one attached hydrogen (secondary N) is 7. The highest BCUT2D eigenvalue weighted by Gasteiger charge is 2.32. The van der Waals surface area contributed by atoms with Crippen molar-refractivity contribution in [2.45, 2.75) is 135 Å². The summed E-state index contributed by atoms with van der Waals surface area (Å²) in [5.74, 6) is -6.29. The molecule has 2 aromatic carbocycles. The quantitative estimate of drug-likeness (QED) is 0.0490. The van der Waals surface area contributed by atoms with E-state index in [1.807, 2.05) is 0 Å². The highest BCUT2D eigenvalue weighted by Crippen LogP contribution is 2.14. The van der Waals surface area contributed by atoms with Crippen LogP contribution >= 0.6 is 0 Å². The van der Waals surface area contributed by atoms with Crippen LogP contribution in [0.1, 0.15) is 90.7 Å². The molecule has 0 aliphatic heterocycles. The van der Waals surface area contributed by atoms with E-state index in [9.17, 15) is 53.7 Å². The third-order valence-electron chi connectivity index (χ3n) is 10.1. The first kappa shape index (κ1) is 53.9. The van der Waals surface area contributed by atoms with E-state index in [0.29, 0.717) is 49.9 Å². The van der Waals surface area contributed by atoms with Crippen LogP contribution < -0.4 is 48.7 Å². The van der Waals surface area contributed by atoms with E-state index >= 15 is 0 Å². The Morgan fingerprint density at radius 3 is 1.17 bits per heavy atom. The lowest BCUT2D eigenvalue weighted by molar-refractivity contribution is -0.143. The molecular formula is C44H67N9O11. The van der Waals surface area contributed by atoms with Gasteiger partial charge >= 0.3 is 5.97 Å². The normalized spacial score (nSPS) is 14.3. The second-order valence-corrected chi connectivity index (χ2v) is 16.2. The molecule has 0 aromatic heterocycles. The molecule has 7 atom stereocenters. The average Bonchev–Trinajstić information content (AvgIpc) is 3.23. The van der Waals surface area contributed by atoms with Gasteiger partial charge in [0, 0.05) is 19.8 Å². The predicted octanol–water partition coefficient (Wildman–Crippen LogP) is -0.275. The van der Waals surface area contributed by atoms with Crippen molar-refractivity contribution >= 4 is 47.3 Å². The Labute approximate surface area is 373 Å². The van der Waals surface area contributed by atoms with Gasteiger partial charge in [0.2, 0.25) is 41.4 Å². The van der Waals surface area contributed by atoms with Crippen LogP contribution in [0.5, 0.6) is 11.5 Å². The van der Waals surface area contributed by atoms with E-state index < -0.39 is 89.6 Å². The summed E-state index contributed by atoms with van der Waals surface area (Å²) in [6.07, 6.45) is 2.15. The lowest BCUT2D eigenvalue weighted by Gasteiger charge is -2.27. The molecule has 20 nitrogen and oxygen atoms in total. The van der Waals surface area contributed by atoms with Crippen molar-refractivity contribution in [3.05, 3.63) is 59.7 Å². The molecule has 0 fully saturated rings. The fourth-order valence-corrected chi connectivity index (χ4v) is 6.51. The van der Waals surface area contributed by atoms with Gasteiger partial charge in [-0.15, -0.1) is 0 Å². The summed E-state index contributed by atoms with van der Waals surface area (Å²) in [5, 5.41) is 47.3. The summed E-state index contributed by atoms with van der Waals surface area (Å²) in [4.78, 5) is 105. The third kappa shape index (κ3) is 19.8. The van der Waals surface area contributed by atoms with Gasteiger partial charge in [-0.3, -0.25) is 33.6 Å². The maximum atomic E-state index is 14.0. The molecule has 354 valence electrons. The number of hydrogen-bond acceptors (Lipinski definition) is 12. The molecule has 2 aromatic rings. The zero-order valence-corrected chi connectivity index (χ0v) is 37.3. The van der Waals surface area contributed by atoms with Crippen LogP contribution in [0.25, 0.3) is 0 Å². The van der Waals surface area contributed by atoms with Crippen molar-refractivity contribution in [1.82, 2.24) is 37.2 Å². The molecule has 0 heterocycles. The van der Waals surface area contributed by atoms with Crippen LogP contribution in [0.3, 0.4) is 0 Å². The summed E-state index contributed by atoms with van der Waals surface area (Å²) in [7, 11) is 0. The summed E-state index contributed by atoms with van der Waals surface area (Å²) >= 11 is 0. The molecule has 0 aliphatic rings. The van der Waals surface area contributed by atoms with Gasteiger partial charge in [0.05, 0.1) is 0 Å². The number of carbonyl (C=O) groups excluding carboxylic acids is 7. The summed E-state index contributed by atoms with van der Waals surface area (Å²) < 4.78 is 0. The van der Waals surface area contributed by atoms with Gasteiger partial charge in [-0.1, -0.05) is 38.1 Å². The van der Waals surface area contributed by atoms with Gasteiger partial charge in [0.25, 0.3) is 0 Å². The number of nitrogens with two attached hydrogens (primary N) is 2. The fourth-order valence-electron chi connectivity index (χ4n) is 6.51. The van der Waals surface area contributed by atoms with Gasteiger partial charge < -0.3 is 64.0 Å². The SMILES string of the molecule is CC(=O)N[C@@H](Cc1ccc(O)cc1)C(=O)N[C@@H](C)C(=O)N[C@@H](CCCCN)C(=O)N[C@@H](Cc1ccc(O)cc1)C(=O)N[C@@H](C)C(=O)N[C@@H](CCCCN)C(=O)N[C@@H](CC(C)C)C(=O)O. The number of benzene rings is 2.